The molecule has 4 heteroatoms. The molecule has 0 unspecified atom stereocenters. The quantitative estimate of drug-likeness (QED) is 0.386. The van der Waals surface area contributed by atoms with E-state index in [9.17, 15) is 5.11 Å². The Kier molecular flexibility index (Phi) is 4.18. The first-order chi connectivity index (χ1) is 16.1. The van der Waals surface area contributed by atoms with Crippen molar-refractivity contribution in [1.82, 2.24) is 9.97 Å². The molecule has 0 bridgehead atoms. The van der Waals surface area contributed by atoms with Gasteiger partial charge in [0.25, 0.3) is 0 Å². The van der Waals surface area contributed by atoms with E-state index in [0.717, 1.165) is 50.3 Å². The summed E-state index contributed by atoms with van der Waals surface area (Å²) in [6.07, 6.45) is 3.86. The summed E-state index contributed by atoms with van der Waals surface area (Å²) in [5.41, 5.74) is 11.7. The summed E-state index contributed by atoms with van der Waals surface area (Å²) in [5.74, 6) is 0.848. The topological polar surface area (TPSA) is 55.2 Å². The van der Waals surface area contributed by atoms with Crippen molar-refractivity contribution in [2.45, 2.75) is 59.0 Å². The summed E-state index contributed by atoms with van der Waals surface area (Å²) < 4.78 is 6.02. The molecule has 0 radical (unpaired) electrons. The summed E-state index contributed by atoms with van der Waals surface area (Å²) in [6, 6.07) is 8.85. The highest BCUT2D eigenvalue weighted by molar-refractivity contribution is 6.06. The van der Waals surface area contributed by atoms with Crippen molar-refractivity contribution in [2.24, 2.45) is 0 Å². The lowest BCUT2D eigenvalue weighted by Gasteiger charge is -2.28. The van der Waals surface area contributed by atoms with Gasteiger partial charge in [-0.05, 0) is 75.7 Å². The van der Waals surface area contributed by atoms with Gasteiger partial charge in [0.15, 0.2) is 0 Å². The van der Waals surface area contributed by atoms with E-state index in [2.05, 4.69) is 65.8 Å². The van der Waals surface area contributed by atoms with Crippen LogP contribution >= 0.6 is 0 Å². The van der Waals surface area contributed by atoms with Crippen LogP contribution in [0.1, 0.15) is 66.6 Å². The highest BCUT2D eigenvalue weighted by Gasteiger charge is 2.44. The summed E-state index contributed by atoms with van der Waals surface area (Å²) >= 11 is 0. The molecule has 0 saturated carbocycles. The Hall–Kier alpha value is -3.24. The molecular formula is C30H30N2O2. The average molecular weight is 451 g/mol. The lowest BCUT2D eigenvalue weighted by atomic mass is 9.75. The van der Waals surface area contributed by atoms with Gasteiger partial charge in [-0.2, -0.15) is 0 Å². The van der Waals surface area contributed by atoms with Gasteiger partial charge in [-0.1, -0.05) is 39.8 Å². The number of aryl methyl sites for hydroxylation is 2. The van der Waals surface area contributed by atoms with Crippen molar-refractivity contribution in [2.75, 3.05) is 7.11 Å². The molecule has 34 heavy (non-hydrogen) atoms. The van der Waals surface area contributed by atoms with Crippen molar-refractivity contribution in [1.29, 1.82) is 0 Å². The molecule has 0 spiro atoms. The van der Waals surface area contributed by atoms with E-state index in [0.29, 0.717) is 0 Å². The molecule has 4 nitrogen and oxygen atoms in total. The normalized spacial score (nSPS) is 16.2. The fourth-order valence-electron chi connectivity index (χ4n) is 6.42. The van der Waals surface area contributed by atoms with Crippen molar-refractivity contribution in [3.05, 3.63) is 75.6 Å². The number of fused-ring (bicyclic) bond motifs is 9. The highest BCUT2D eigenvalue weighted by Crippen LogP contribution is 2.58. The molecule has 2 aromatic heterocycles. The number of methoxy groups -OCH3 is 1. The second-order valence-electron chi connectivity index (χ2n) is 10.9. The maximum Gasteiger partial charge on any atom is 0.129 e. The first-order valence-electron chi connectivity index (χ1n) is 11.9. The molecule has 0 atom stereocenters. The van der Waals surface area contributed by atoms with Gasteiger partial charge in [-0.25, -0.2) is 0 Å². The molecule has 0 fully saturated rings. The van der Waals surface area contributed by atoms with E-state index in [1.54, 1.807) is 7.11 Å². The second-order valence-corrected chi connectivity index (χ2v) is 10.9. The molecule has 2 heterocycles. The van der Waals surface area contributed by atoms with E-state index in [-0.39, 0.29) is 17.4 Å². The van der Waals surface area contributed by atoms with E-state index < -0.39 is 0 Å². The zero-order valence-corrected chi connectivity index (χ0v) is 20.9. The van der Waals surface area contributed by atoms with Crippen LogP contribution in [0.4, 0.5) is 0 Å². The molecule has 0 amide bonds. The Labute approximate surface area is 200 Å². The first kappa shape index (κ1) is 21.3. The van der Waals surface area contributed by atoms with Gasteiger partial charge in [-0.15, -0.1) is 0 Å². The molecular weight excluding hydrogens is 420 g/mol. The summed E-state index contributed by atoms with van der Waals surface area (Å²) in [7, 11) is 1.74. The number of pyridine rings is 2. The highest BCUT2D eigenvalue weighted by atomic mass is 16.5. The Bertz CT molecular complexity index is 1430. The van der Waals surface area contributed by atoms with E-state index in [4.69, 9.17) is 14.7 Å². The summed E-state index contributed by atoms with van der Waals surface area (Å²) in [4.78, 5) is 9.70. The smallest absolute Gasteiger partial charge is 0.129 e. The van der Waals surface area contributed by atoms with Crippen LogP contribution in [-0.2, 0) is 17.4 Å². The van der Waals surface area contributed by atoms with Crippen molar-refractivity contribution in [3.8, 4) is 28.3 Å². The van der Waals surface area contributed by atoms with Crippen LogP contribution in [0.25, 0.3) is 33.3 Å². The predicted molar refractivity (Wildman–Crippen MR) is 137 cm³/mol. The Morgan fingerprint density at radius 2 is 1.26 bits per heavy atom. The largest absolute Gasteiger partial charge is 0.496 e. The van der Waals surface area contributed by atoms with Crippen LogP contribution in [-0.4, -0.2) is 22.2 Å². The SMILES string of the molecule is COc1cc2c3c(c(CO)cc2c2c1-c1ncc(C)cc1C2(C)C)-c1ncc(C)cc1C3(C)C. The van der Waals surface area contributed by atoms with Gasteiger partial charge in [-0.3, -0.25) is 9.97 Å². The molecule has 2 aliphatic carbocycles. The zero-order chi connectivity index (χ0) is 24.2. The number of hydrogen-bond donors (Lipinski definition) is 1. The number of rotatable bonds is 2. The monoisotopic (exact) mass is 450 g/mol. The number of aromatic nitrogens is 2. The first-order valence-corrected chi connectivity index (χ1v) is 11.9. The molecule has 0 aliphatic heterocycles. The third-order valence-electron chi connectivity index (χ3n) is 8.00. The van der Waals surface area contributed by atoms with Crippen molar-refractivity contribution in [3.63, 3.8) is 0 Å². The number of benzene rings is 2. The molecule has 0 saturated heterocycles. The van der Waals surface area contributed by atoms with Gasteiger partial charge >= 0.3 is 0 Å². The maximum absolute atomic E-state index is 10.5. The fraction of sp³-hybridized carbons (Fsp3) is 0.333. The van der Waals surface area contributed by atoms with Crippen LogP contribution in [0.2, 0.25) is 0 Å². The number of aliphatic hydroxyl groups excluding tert-OH is 1. The standard InChI is InChI=1S/C30H30N2O2/c1-15-8-20-27(31-12-15)23-17(14-33)10-18-19(25(23)29(20,3)4)11-22(34-7)24-26(18)30(5,6)21-9-16(2)13-32-28(21)24/h8-13,33H,14H2,1-7H3. The molecule has 4 aromatic rings. The predicted octanol–water partition coefficient (Wildman–Crippen LogP) is 6.36. The molecule has 1 N–H and O–H groups in total. The zero-order valence-electron chi connectivity index (χ0n) is 20.9. The summed E-state index contributed by atoms with van der Waals surface area (Å²) in [5, 5.41) is 12.9. The summed E-state index contributed by atoms with van der Waals surface area (Å²) in [6.45, 7) is 13.2. The third kappa shape index (κ3) is 2.47. The van der Waals surface area contributed by atoms with E-state index in [1.165, 1.54) is 27.6 Å². The molecule has 2 aliphatic rings. The molecule has 2 aromatic carbocycles. The van der Waals surface area contributed by atoms with E-state index >= 15 is 0 Å². The van der Waals surface area contributed by atoms with Crippen LogP contribution in [0.3, 0.4) is 0 Å². The van der Waals surface area contributed by atoms with Gasteiger partial charge in [0.1, 0.15) is 5.75 Å². The van der Waals surface area contributed by atoms with Crippen LogP contribution in [0, 0.1) is 13.8 Å². The van der Waals surface area contributed by atoms with E-state index in [1.807, 2.05) is 12.4 Å². The maximum atomic E-state index is 10.5. The number of aliphatic hydroxyl groups is 1. The lowest BCUT2D eigenvalue weighted by molar-refractivity contribution is 0.282. The molecule has 172 valence electrons. The van der Waals surface area contributed by atoms with Gasteiger partial charge in [0.05, 0.1) is 25.1 Å². The van der Waals surface area contributed by atoms with Crippen LogP contribution in [0.15, 0.2) is 36.7 Å². The van der Waals surface area contributed by atoms with Gasteiger partial charge in [0.2, 0.25) is 0 Å². The number of nitrogens with zero attached hydrogens (tertiary/aromatic N) is 2. The van der Waals surface area contributed by atoms with Crippen LogP contribution in [0.5, 0.6) is 5.75 Å². The third-order valence-corrected chi connectivity index (χ3v) is 8.00. The van der Waals surface area contributed by atoms with Gasteiger partial charge < -0.3 is 9.84 Å². The van der Waals surface area contributed by atoms with Crippen molar-refractivity contribution < 1.29 is 9.84 Å². The van der Waals surface area contributed by atoms with Crippen LogP contribution < -0.4 is 4.74 Å². The Morgan fingerprint density at radius 1 is 0.765 bits per heavy atom. The van der Waals surface area contributed by atoms with Crippen molar-refractivity contribution >= 4 is 10.8 Å². The Balaban J connectivity index is 1.81. The number of ether oxygens (including phenoxy) is 1. The molecule has 6 rings (SSSR count). The van der Waals surface area contributed by atoms with Gasteiger partial charge in [0, 0.05) is 34.4 Å². The minimum Gasteiger partial charge on any atom is -0.496 e. The lowest BCUT2D eigenvalue weighted by Crippen LogP contribution is -2.18. The minimum absolute atomic E-state index is 0.0328. The average Bonchev–Trinajstić information content (AvgIpc) is 3.18. The second kappa shape index (κ2) is 6.67. The minimum atomic E-state index is -0.253. The number of hydrogen-bond acceptors (Lipinski definition) is 4. The fourth-order valence-corrected chi connectivity index (χ4v) is 6.42. The Morgan fingerprint density at radius 3 is 1.79 bits per heavy atom.